The van der Waals surface area contributed by atoms with Crippen molar-refractivity contribution in [2.45, 2.75) is 13.2 Å². The largest absolute Gasteiger partial charge is 0.353 e. The van der Waals surface area contributed by atoms with Crippen LogP contribution in [-0.2, 0) is 9.47 Å². The summed E-state index contributed by atoms with van der Waals surface area (Å²) < 4.78 is 10.7. The molecule has 3 nitrogen and oxygen atoms in total. The lowest BCUT2D eigenvalue weighted by Crippen LogP contribution is -2.36. The predicted molar refractivity (Wildman–Crippen MR) is 43.4 cm³/mol. The molecule has 1 heterocycles. The smallest absolute Gasteiger partial charge is 0.154 e. The van der Waals surface area contributed by atoms with Crippen LogP contribution in [0.3, 0.4) is 0 Å². The molecule has 0 amide bonds. The van der Waals surface area contributed by atoms with Crippen LogP contribution in [0.1, 0.15) is 6.92 Å². The summed E-state index contributed by atoms with van der Waals surface area (Å²) in [6, 6.07) is 0. The van der Waals surface area contributed by atoms with Crippen LogP contribution in [0.5, 0.6) is 0 Å². The molecular formula is C8H17NO2. The van der Waals surface area contributed by atoms with Gasteiger partial charge in [-0.1, -0.05) is 0 Å². The lowest BCUT2D eigenvalue weighted by Gasteiger charge is -2.28. The molecule has 0 atom stereocenters. The fourth-order valence-electron chi connectivity index (χ4n) is 1.26. The van der Waals surface area contributed by atoms with Crippen molar-refractivity contribution in [3.63, 3.8) is 0 Å². The Morgan fingerprint density at radius 1 is 1.27 bits per heavy atom. The molecule has 0 aromatic carbocycles. The molecule has 1 rings (SSSR count). The third kappa shape index (κ3) is 3.18. The summed E-state index contributed by atoms with van der Waals surface area (Å²) in [5.74, 6) is 0.543. The van der Waals surface area contributed by atoms with Crippen LogP contribution < -0.4 is 0 Å². The zero-order valence-electron chi connectivity index (χ0n) is 7.54. The first-order valence-electron chi connectivity index (χ1n) is 4.06. The molecule has 1 aliphatic rings. The van der Waals surface area contributed by atoms with Crippen molar-refractivity contribution in [3.05, 3.63) is 0 Å². The van der Waals surface area contributed by atoms with Crippen molar-refractivity contribution in [2.75, 3.05) is 33.9 Å². The molecule has 11 heavy (non-hydrogen) atoms. The summed E-state index contributed by atoms with van der Waals surface area (Å²) in [6.07, 6.45) is -0.00610. The molecule has 0 radical (unpaired) electrons. The monoisotopic (exact) mass is 159 g/mol. The van der Waals surface area contributed by atoms with E-state index in [1.807, 2.05) is 6.92 Å². The van der Waals surface area contributed by atoms with Crippen LogP contribution in [0.25, 0.3) is 0 Å². The van der Waals surface area contributed by atoms with Crippen molar-refractivity contribution >= 4 is 0 Å². The van der Waals surface area contributed by atoms with Crippen LogP contribution in [0.4, 0.5) is 0 Å². The Kier molecular flexibility index (Phi) is 3.30. The van der Waals surface area contributed by atoms with E-state index in [4.69, 9.17) is 9.47 Å². The van der Waals surface area contributed by atoms with E-state index in [9.17, 15) is 0 Å². The minimum absolute atomic E-state index is 0.00610. The van der Waals surface area contributed by atoms with Crippen molar-refractivity contribution in [3.8, 4) is 0 Å². The Labute approximate surface area is 68.3 Å². The van der Waals surface area contributed by atoms with Gasteiger partial charge in [-0.25, -0.2) is 0 Å². The average Bonchev–Trinajstić information content (AvgIpc) is 1.93. The topological polar surface area (TPSA) is 21.7 Å². The van der Waals surface area contributed by atoms with E-state index < -0.39 is 0 Å². The zero-order valence-corrected chi connectivity index (χ0v) is 7.54. The van der Waals surface area contributed by atoms with Gasteiger partial charge in [0.1, 0.15) is 0 Å². The fraction of sp³-hybridized carbons (Fsp3) is 1.00. The quantitative estimate of drug-likeness (QED) is 0.587. The highest BCUT2D eigenvalue weighted by molar-refractivity contribution is 4.63. The number of hydrogen-bond acceptors (Lipinski definition) is 3. The van der Waals surface area contributed by atoms with Gasteiger partial charge in [0, 0.05) is 12.5 Å². The van der Waals surface area contributed by atoms with Crippen LogP contribution in [0.2, 0.25) is 0 Å². The van der Waals surface area contributed by atoms with Gasteiger partial charge in [-0.05, 0) is 21.0 Å². The van der Waals surface area contributed by atoms with E-state index in [-0.39, 0.29) is 6.29 Å². The number of ether oxygens (including phenoxy) is 2. The lowest BCUT2D eigenvalue weighted by atomic mass is 10.1. The number of nitrogens with zero attached hydrogens (tertiary/aromatic N) is 1. The Balaban J connectivity index is 2.17. The first-order chi connectivity index (χ1) is 5.18. The van der Waals surface area contributed by atoms with Crippen LogP contribution >= 0.6 is 0 Å². The summed E-state index contributed by atoms with van der Waals surface area (Å²) in [6.45, 7) is 4.65. The third-order valence-corrected chi connectivity index (χ3v) is 1.76. The standard InChI is InChI=1S/C8H17NO2/c1-7-10-5-8(6-11-7)4-9(2)3/h7-8H,4-6H2,1-3H3. The summed E-state index contributed by atoms with van der Waals surface area (Å²) in [5, 5.41) is 0. The van der Waals surface area contributed by atoms with Gasteiger partial charge < -0.3 is 14.4 Å². The predicted octanol–water partition coefficient (Wildman–Crippen LogP) is 0.557. The van der Waals surface area contributed by atoms with E-state index in [0.717, 1.165) is 19.8 Å². The van der Waals surface area contributed by atoms with Gasteiger partial charge in [0.15, 0.2) is 6.29 Å². The minimum Gasteiger partial charge on any atom is -0.353 e. The van der Waals surface area contributed by atoms with E-state index >= 15 is 0 Å². The lowest BCUT2D eigenvalue weighted by molar-refractivity contribution is -0.191. The number of hydrogen-bond donors (Lipinski definition) is 0. The normalized spacial score (nSPS) is 32.7. The van der Waals surface area contributed by atoms with E-state index in [0.29, 0.717) is 5.92 Å². The molecule has 66 valence electrons. The van der Waals surface area contributed by atoms with Gasteiger partial charge in [-0.15, -0.1) is 0 Å². The second-order valence-electron chi connectivity index (χ2n) is 3.36. The second kappa shape index (κ2) is 4.04. The van der Waals surface area contributed by atoms with Gasteiger partial charge in [0.05, 0.1) is 13.2 Å². The highest BCUT2D eigenvalue weighted by Gasteiger charge is 2.18. The Morgan fingerprint density at radius 3 is 2.27 bits per heavy atom. The van der Waals surface area contributed by atoms with Crippen molar-refractivity contribution < 1.29 is 9.47 Å². The molecule has 0 bridgehead atoms. The summed E-state index contributed by atoms with van der Waals surface area (Å²) in [5.41, 5.74) is 0. The molecule has 1 fully saturated rings. The molecule has 0 aliphatic carbocycles. The third-order valence-electron chi connectivity index (χ3n) is 1.76. The maximum atomic E-state index is 5.34. The summed E-state index contributed by atoms with van der Waals surface area (Å²) in [7, 11) is 4.13. The van der Waals surface area contributed by atoms with Gasteiger partial charge in [-0.3, -0.25) is 0 Å². The van der Waals surface area contributed by atoms with Crippen molar-refractivity contribution in [1.29, 1.82) is 0 Å². The van der Waals surface area contributed by atoms with E-state index in [2.05, 4.69) is 19.0 Å². The second-order valence-corrected chi connectivity index (χ2v) is 3.36. The van der Waals surface area contributed by atoms with Gasteiger partial charge in [-0.2, -0.15) is 0 Å². The Morgan fingerprint density at radius 2 is 1.82 bits per heavy atom. The van der Waals surface area contributed by atoms with Crippen molar-refractivity contribution in [1.82, 2.24) is 4.90 Å². The van der Waals surface area contributed by atoms with E-state index in [1.54, 1.807) is 0 Å². The minimum atomic E-state index is -0.00610. The van der Waals surface area contributed by atoms with Crippen LogP contribution in [0, 0.1) is 5.92 Å². The highest BCUT2D eigenvalue weighted by atomic mass is 16.7. The molecule has 1 saturated heterocycles. The number of rotatable bonds is 2. The van der Waals surface area contributed by atoms with Crippen LogP contribution in [-0.4, -0.2) is 45.0 Å². The van der Waals surface area contributed by atoms with Gasteiger partial charge in [0.2, 0.25) is 0 Å². The van der Waals surface area contributed by atoms with Gasteiger partial charge >= 0.3 is 0 Å². The summed E-state index contributed by atoms with van der Waals surface area (Å²) in [4.78, 5) is 2.16. The molecule has 0 aromatic heterocycles. The molecule has 0 unspecified atom stereocenters. The Bertz CT molecular complexity index is 109. The van der Waals surface area contributed by atoms with Crippen LogP contribution in [0.15, 0.2) is 0 Å². The maximum absolute atomic E-state index is 5.34. The molecule has 0 N–H and O–H groups in total. The Hall–Kier alpha value is -0.120. The molecule has 3 heteroatoms. The molecule has 0 aromatic rings. The first-order valence-corrected chi connectivity index (χ1v) is 4.06. The molecule has 0 spiro atoms. The highest BCUT2D eigenvalue weighted by Crippen LogP contribution is 2.10. The molecule has 1 aliphatic heterocycles. The molecule has 0 saturated carbocycles. The first kappa shape index (κ1) is 8.97. The SMILES string of the molecule is CC1OCC(CN(C)C)CO1. The van der Waals surface area contributed by atoms with Crippen molar-refractivity contribution in [2.24, 2.45) is 5.92 Å². The van der Waals surface area contributed by atoms with E-state index in [1.165, 1.54) is 0 Å². The average molecular weight is 159 g/mol. The molecular weight excluding hydrogens is 142 g/mol. The maximum Gasteiger partial charge on any atom is 0.154 e. The zero-order chi connectivity index (χ0) is 8.27. The van der Waals surface area contributed by atoms with Gasteiger partial charge in [0.25, 0.3) is 0 Å². The fourth-order valence-corrected chi connectivity index (χ4v) is 1.26. The summed E-state index contributed by atoms with van der Waals surface area (Å²) >= 11 is 0.